The van der Waals surface area contributed by atoms with E-state index in [1.165, 1.54) is 6.26 Å². The number of aromatic nitrogens is 2. The fraction of sp³-hybridized carbons (Fsp3) is 0.182. The van der Waals surface area contributed by atoms with Crippen molar-refractivity contribution in [3.05, 3.63) is 35.3 Å². The number of ether oxygens (including phenoxy) is 1. The maximum atomic E-state index is 11.4. The Kier molecular flexibility index (Phi) is 3.78. The Morgan fingerprint density at radius 2 is 2.44 bits per heavy atom. The molecule has 94 valence electrons. The summed E-state index contributed by atoms with van der Waals surface area (Å²) in [5.41, 5.74) is 0.0985. The van der Waals surface area contributed by atoms with Crippen molar-refractivity contribution in [3.63, 3.8) is 0 Å². The summed E-state index contributed by atoms with van der Waals surface area (Å²) >= 11 is 5.80. The Balaban J connectivity index is 2.09. The zero-order valence-corrected chi connectivity index (χ0v) is 10.3. The molecule has 0 aliphatic rings. The number of hydrogen-bond donors (Lipinski definition) is 1. The third-order valence-corrected chi connectivity index (χ3v) is 2.18. The number of nitrogens with zero attached hydrogens (tertiary/aromatic N) is 2. The summed E-state index contributed by atoms with van der Waals surface area (Å²) in [6.07, 6.45) is 2.75. The minimum absolute atomic E-state index is 0.0985. The molecule has 0 atom stereocenters. The van der Waals surface area contributed by atoms with Crippen LogP contribution in [0.5, 0.6) is 0 Å². The highest BCUT2D eigenvalue weighted by atomic mass is 35.5. The molecule has 0 aliphatic heterocycles. The van der Waals surface area contributed by atoms with Crippen LogP contribution in [-0.4, -0.2) is 22.5 Å². The van der Waals surface area contributed by atoms with Crippen molar-refractivity contribution in [2.75, 3.05) is 11.9 Å². The minimum atomic E-state index is -0.534. The highest BCUT2D eigenvalue weighted by molar-refractivity contribution is 6.30. The summed E-state index contributed by atoms with van der Waals surface area (Å²) in [6, 6.07) is 3.40. The number of carbonyl (C=O) groups excluding carboxylic acids is 1. The molecular formula is C11H10ClN3O3. The highest BCUT2D eigenvalue weighted by Crippen LogP contribution is 2.17. The lowest BCUT2D eigenvalue weighted by molar-refractivity contribution is 0.0519. The van der Waals surface area contributed by atoms with Crippen LogP contribution in [-0.2, 0) is 4.74 Å². The number of carbonyl (C=O) groups is 1. The number of pyridine rings is 1. The molecule has 2 aromatic rings. The zero-order valence-electron chi connectivity index (χ0n) is 9.51. The summed E-state index contributed by atoms with van der Waals surface area (Å²) in [6.45, 7) is 2.00. The third kappa shape index (κ3) is 2.98. The van der Waals surface area contributed by atoms with Crippen LogP contribution in [0.4, 0.5) is 11.8 Å². The van der Waals surface area contributed by atoms with E-state index in [-0.39, 0.29) is 18.3 Å². The lowest BCUT2D eigenvalue weighted by Crippen LogP contribution is -2.05. The number of anilines is 2. The van der Waals surface area contributed by atoms with Crippen LogP contribution >= 0.6 is 11.6 Å². The minimum Gasteiger partial charge on any atom is -0.461 e. The van der Waals surface area contributed by atoms with Gasteiger partial charge in [-0.3, -0.25) is 5.32 Å². The Hall–Kier alpha value is -2.08. The lowest BCUT2D eigenvalue weighted by atomic mass is 10.4. The van der Waals surface area contributed by atoms with E-state index in [1.54, 1.807) is 25.3 Å². The Labute approximate surface area is 108 Å². The van der Waals surface area contributed by atoms with Crippen LogP contribution in [0.25, 0.3) is 0 Å². The predicted octanol–water partition coefficient (Wildman–Crippen LogP) is 2.64. The van der Waals surface area contributed by atoms with Crippen LogP contribution in [0.1, 0.15) is 17.4 Å². The van der Waals surface area contributed by atoms with Crippen molar-refractivity contribution in [2.24, 2.45) is 0 Å². The topological polar surface area (TPSA) is 77.2 Å². The van der Waals surface area contributed by atoms with Crippen LogP contribution in [0.3, 0.4) is 0 Å². The molecule has 0 unspecified atom stereocenters. The second-order valence-corrected chi connectivity index (χ2v) is 3.68. The van der Waals surface area contributed by atoms with Gasteiger partial charge < -0.3 is 9.15 Å². The van der Waals surface area contributed by atoms with Gasteiger partial charge in [0.15, 0.2) is 5.69 Å². The maximum Gasteiger partial charge on any atom is 0.360 e. The molecule has 0 radical (unpaired) electrons. The van der Waals surface area contributed by atoms with Gasteiger partial charge in [-0.25, -0.2) is 9.78 Å². The highest BCUT2D eigenvalue weighted by Gasteiger charge is 2.13. The average Bonchev–Trinajstić information content (AvgIpc) is 2.78. The number of esters is 1. The van der Waals surface area contributed by atoms with Gasteiger partial charge in [0.2, 0.25) is 0 Å². The molecule has 0 spiro atoms. The molecule has 0 aromatic carbocycles. The summed E-state index contributed by atoms with van der Waals surface area (Å²) in [5.74, 6) is -0.0619. The van der Waals surface area contributed by atoms with Gasteiger partial charge in [0.25, 0.3) is 0 Å². The average molecular weight is 268 g/mol. The van der Waals surface area contributed by atoms with E-state index in [0.29, 0.717) is 10.8 Å². The normalized spacial score (nSPS) is 10.1. The van der Waals surface area contributed by atoms with Crippen molar-refractivity contribution in [1.82, 2.24) is 9.97 Å². The molecule has 0 aliphatic carbocycles. The molecule has 2 rings (SSSR count). The Bertz CT molecular complexity index is 556. The zero-order chi connectivity index (χ0) is 13.0. The van der Waals surface area contributed by atoms with Gasteiger partial charge in [0.05, 0.1) is 6.61 Å². The summed E-state index contributed by atoms with van der Waals surface area (Å²) in [4.78, 5) is 19.3. The number of nitrogens with one attached hydrogen (secondary N) is 1. The number of hydrogen-bond acceptors (Lipinski definition) is 6. The van der Waals surface area contributed by atoms with Crippen LogP contribution < -0.4 is 5.32 Å². The first-order chi connectivity index (χ1) is 8.69. The number of oxazole rings is 1. The molecule has 18 heavy (non-hydrogen) atoms. The first-order valence-electron chi connectivity index (χ1n) is 5.20. The predicted molar refractivity (Wildman–Crippen MR) is 65.0 cm³/mol. The van der Waals surface area contributed by atoms with E-state index in [1.807, 2.05) is 0 Å². The SMILES string of the molecule is CCOC(=O)c1coc(Nc2cc(Cl)ccn2)n1. The lowest BCUT2D eigenvalue weighted by Gasteiger charge is -1.99. The van der Waals surface area contributed by atoms with E-state index in [2.05, 4.69) is 15.3 Å². The fourth-order valence-corrected chi connectivity index (χ4v) is 1.37. The Morgan fingerprint density at radius 1 is 1.61 bits per heavy atom. The van der Waals surface area contributed by atoms with E-state index in [0.717, 1.165) is 0 Å². The quantitative estimate of drug-likeness (QED) is 0.858. The molecule has 0 fully saturated rings. The van der Waals surface area contributed by atoms with Gasteiger partial charge in [-0.05, 0) is 19.1 Å². The van der Waals surface area contributed by atoms with Crippen molar-refractivity contribution < 1.29 is 13.9 Å². The van der Waals surface area contributed by atoms with E-state index < -0.39 is 5.97 Å². The third-order valence-electron chi connectivity index (χ3n) is 1.95. The molecule has 0 bridgehead atoms. The monoisotopic (exact) mass is 267 g/mol. The van der Waals surface area contributed by atoms with Crippen LogP contribution in [0.15, 0.2) is 29.0 Å². The second kappa shape index (κ2) is 5.50. The smallest absolute Gasteiger partial charge is 0.360 e. The second-order valence-electron chi connectivity index (χ2n) is 3.24. The van der Waals surface area contributed by atoms with Gasteiger partial charge in [-0.1, -0.05) is 11.6 Å². The molecular weight excluding hydrogens is 258 g/mol. The maximum absolute atomic E-state index is 11.4. The van der Waals surface area contributed by atoms with Crippen LogP contribution in [0, 0.1) is 0 Å². The Morgan fingerprint density at radius 3 is 3.17 bits per heavy atom. The molecule has 0 saturated heterocycles. The van der Waals surface area contributed by atoms with Gasteiger partial charge in [0, 0.05) is 11.2 Å². The largest absolute Gasteiger partial charge is 0.461 e. The summed E-state index contributed by atoms with van der Waals surface area (Å²) < 4.78 is 9.85. The molecule has 1 N–H and O–H groups in total. The first-order valence-corrected chi connectivity index (χ1v) is 5.58. The fourth-order valence-electron chi connectivity index (χ4n) is 1.21. The van der Waals surface area contributed by atoms with Gasteiger partial charge in [-0.2, -0.15) is 4.98 Å². The standard InChI is InChI=1S/C11H10ClN3O3/c1-2-17-10(16)8-6-18-11(14-8)15-9-5-7(12)3-4-13-9/h3-6H,2H2,1H3,(H,13,14,15). The summed E-state index contributed by atoms with van der Waals surface area (Å²) in [5, 5.41) is 3.31. The molecule has 7 heteroatoms. The molecule has 2 aromatic heterocycles. The van der Waals surface area contributed by atoms with E-state index in [4.69, 9.17) is 20.8 Å². The van der Waals surface area contributed by atoms with Crippen molar-refractivity contribution in [1.29, 1.82) is 0 Å². The van der Waals surface area contributed by atoms with Crippen molar-refractivity contribution >= 4 is 29.4 Å². The molecule has 0 saturated carbocycles. The van der Waals surface area contributed by atoms with Crippen molar-refractivity contribution in [3.8, 4) is 0 Å². The van der Waals surface area contributed by atoms with E-state index >= 15 is 0 Å². The number of halogens is 1. The molecule has 6 nitrogen and oxygen atoms in total. The van der Waals surface area contributed by atoms with Crippen LogP contribution in [0.2, 0.25) is 5.02 Å². The van der Waals surface area contributed by atoms with Gasteiger partial charge in [0.1, 0.15) is 12.1 Å². The number of rotatable bonds is 4. The molecule has 2 heterocycles. The summed E-state index contributed by atoms with van der Waals surface area (Å²) in [7, 11) is 0. The van der Waals surface area contributed by atoms with Crippen molar-refractivity contribution in [2.45, 2.75) is 6.92 Å². The van der Waals surface area contributed by atoms with E-state index in [9.17, 15) is 4.79 Å². The van der Waals surface area contributed by atoms with Gasteiger partial charge in [-0.15, -0.1) is 0 Å². The first kappa shape index (κ1) is 12.4. The van der Waals surface area contributed by atoms with Gasteiger partial charge >= 0.3 is 12.0 Å². The molecule has 0 amide bonds.